The molecule has 0 amide bonds. The number of nitrogen functional groups attached to an aromatic ring is 1. The zero-order valence-electron chi connectivity index (χ0n) is 23.4. The molecule has 0 atom stereocenters. The number of nitrogens with one attached hydrogen (secondary N) is 2. The number of amidine groups is 1. The summed E-state index contributed by atoms with van der Waals surface area (Å²) in [5, 5.41) is 9.98. The third-order valence-corrected chi connectivity index (χ3v) is 11.1. The first-order chi connectivity index (χ1) is 22.0. The average Bonchev–Trinajstić information content (AvgIpc) is 3.54. The van der Waals surface area contributed by atoms with E-state index in [0.717, 1.165) is 29.6 Å². The van der Waals surface area contributed by atoms with Crippen molar-refractivity contribution in [2.24, 2.45) is 5.73 Å². The molecule has 11 nitrogen and oxygen atoms in total. The van der Waals surface area contributed by atoms with Crippen molar-refractivity contribution in [2.75, 3.05) is 4.72 Å². The Labute approximate surface area is 268 Å². The number of sulfone groups is 1. The number of carbonyl (C=O) groups excluding carboxylic acids is 2. The van der Waals surface area contributed by atoms with Gasteiger partial charge in [-0.1, -0.05) is 36.4 Å². The summed E-state index contributed by atoms with van der Waals surface area (Å²) in [6.07, 6.45) is -5.51. The number of hydrogen-bond donors (Lipinski definition) is 3. The fraction of sp³-hybridized carbons (Fsp3) is 0.0333. The number of sulfonamides is 1. The van der Waals surface area contributed by atoms with Crippen LogP contribution in [0.1, 0.15) is 15.9 Å². The van der Waals surface area contributed by atoms with Crippen molar-refractivity contribution in [2.45, 2.75) is 20.2 Å². The highest BCUT2D eigenvalue weighted by atomic mass is 32.2. The number of alkyl halides is 3. The fourth-order valence-corrected chi connectivity index (χ4v) is 8.10. The summed E-state index contributed by atoms with van der Waals surface area (Å²) in [6.45, 7) is 0. The Balaban J connectivity index is 1.46. The minimum atomic E-state index is -5.51. The maximum Gasteiger partial charge on any atom is 0.491 e. The Hall–Kier alpha value is -5.26. The molecule has 0 unspecified atom stereocenters. The van der Waals surface area contributed by atoms with Gasteiger partial charge in [-0.05, 0) is 65.4 Å². The van der Waals surface area contributed by atoms with Crippen LogP contribution in [-0.4, -0.2) is 40.8 Å². The molecule has 0 aliphatic rings. The van der Waals surface area contributed by atoms with E-state index in [1.165, 1.54) is 36.4 Å². The van der Waals surface area contributed by atoms with E-state index in [1.54, 1.807) is 30.3 Å². The molecule has 0 aliphatic heterocycles. The Kier molecular flexibility index (Phi) is 8.81. The van der Waals surface area contributed by atoms with Gasteiger partial charge in [0.25, 0.3) is 10.0 Å². The molecule has 4 aromatic carbocycles. The third-order valence-electron chi connectivity index (χ3n) is 6.40. The van der Waals surface area contributed by atoms with Gasteiger partial charge in [-0.15, -0.1) is 11.3 Å². The van der Waals surface area contributed by atoms with Crippen molar-refractivity contribution >= 4 is 65.4 Å². The van der Waals surface area contributed by atoms with Gasteiger partial charge in [0.15, 0.2) is 0 Å². The zero-order valence-corrected chi connectivity index (χ0v) is 25.9. The van der Waals surface area contributed by atoms with E-state index in [-0.39, 0.29) is 32.8 Å². The maximum absolute atomic E-state index is 13.2. The van der Waals surface area contributed by atoms with Crippen molar-refractivity contribution in [3.63, 3.8) is 0 Å². The van der Waals surface area contributed by atoms with Gasteiger partial charge in [0.2, 0.25) is 9.84 Å². The van der Waals surface area contributed by atoms with E-state index >= 15 is 0 Å². The molecule has 4 N–H and O–H groups in total. The minimum absolute atomic E-state index is 0.0610. The fourth-order valence-electron chi connectivity index (χ4n) is 4.14. The summed E-state index contributed by atoms with van der Waals surface area (Å²) in [5.74, 6) is -5.04. The summed E-state index contributed by atoms with van der Waals surface area (Å²) in [5.41, 5.74) is 4.89. The zero-order chi connectivity index (χ0) is 34.1. The van der Waals surface area contributed by atoms with Crippen molar-refractivity contribution in [3.05, 3.63) is 108 Å². The first-order valence-electron chi connectivity index (χ1n) is 13.0. The second-order valence-corrected chi connectivity index (χ2v) is 14.4. The van der Waals surface area contributed by atoms with E-state index in [9.17, 15) is 39.6 Å². The number of fused-ring (bicyclic) bond motifs is 1. The van der Waals surface area contributed by atoms with Crippen molar-refractivity contribution < 1.29 is 49.1 Å². The highest BCUT2D eigenvalue weighted by Crippen LogP contribution is 2.34. The van der Waals surface area contributed by atoms with Gasteiger partial charge in [0.1, 0.15) is 27.1 Å². The Morgan fingerprint density at radius 2 is 1.51 bits per heavy atom. The van der Waals surface area contributed by atoms with E-state index in [4.69, 9.17) is 15.9 Å². The molecule has 5 rings (SSSR count). The molecular formula is C30H20F3N3O8S3. The van der Waals surface area contributed by atoms with E-state index in [1.807, 2.05) is 0 Å². The summed E-state index contributed by atoms with van der Waals surface area (Å²) < 4.78 is 102. The molecule has 0 saturated carbocycles. The first-order valence-corrected chi connectivity index (χ1v) is 16.8. The summed E-state index contributed by atoms with van der Waals surface area (Å²) >= 11 is 0.593. The molecule has 242 valence electrons. The molecule has 0 spiro atoms. The van der Waals surface area contributed by atoms with Gasteiger partial charge in [-0.25, -0.2) is 26.4 Å². The lowest BCUT2D eigenvalue weighted by Gasteiger charge is -2.14. The summed E-state index contributed by atoms with van der Waals surface area (Å²) in [7, 11) is -8.54. The van der Waals surface area contributed by atoms with Crippen LogP contribution in [0.2, 0.25) is 0 Å². The van der Waals surface area contributed by atoms with Crippen LogP contribution in [0.25, 0.3) is 10.8 Å². The number of anilines is 1. The minimum Gasteiger partial charge on any atom is -0.456 e. The quantitative estimate of drug-likeness (QED) is 0.0733. The van der Waals surface area contributed by atoms with E-state index in [0.29, 0.717) is 27.7 Å². The Morgan fingerprint density at radius 3 is 2.19 bits per heavy atom. The SMILES string of the molecule is N=C(N)c1ccc2cc(Oc3ccc(NS(=O)(=O)c4cc(S(=O)(=O)c5ccccc5)cs4)cc3C(=O)OC(=O)C(F)(F)F)ccc2c1. The van der Waals surface area contributed by atoms with Gasteiger partial charge in [-0.2, -0.15) is 13.2 Å². The average molecular weight is 704 g/mol. The lowest BCUT2D eigenvalue weighted by atomic mass is 10.1. The van der Waals surface area contributed by atoms with Crippen molar-refractivity contribution in [3.8, 4) is 11.5 Å². The van der Waals surface area contributed by atoms with Crippen molar-refractivity contribution in [1.29, 1.82) is 5.41 Å². The van der Waals surface area contributed by atoms with Crippen LogP contribution in [0.3, 0.4) is 0 Å². The molecular weight excluding hydrogens is 684 g/mol. The molecule has 1 aromatic heterocycles. The maximum atomic E-state index is 13.2. The van der Waals surface area contributed by atoms with Crippen molar-refractivity contribution in [1.82, 2.24) is 0 Å². The first kappa shape index (κ1) is 33.1. The normalized spacial score (nSPS) is 12.0. The Morgan fingerprint density at radius 1 is 0.830 bits per heavy atom. The molecule has 1 heterocycles. The highest BCUT2D eigenvalue weighted by Gasteiger charge is 2.43. The van der Waals surface area contributed by atoms with Crippen LogP contribution < -0.4 is 15.2 Å². The number of rotatable bonds is 9. The number of hydrogen-bond acceptors (Lipinski definition) is 10. The second-order valence-electron chi connectivity index (χ2n) is 9.65. The van der Waals surface area contributed by atoms with Crippen LogP contribution in [0.5, 0.6) is 11.5 Å². The topological polar surface area (TPSA) is 183 Å². The van der Waals surface area contributed by atoms with Crippen LogP contribution in [-0.2, 0) is 29.4 Å². The van der Waals surface area contributed by atoms with Gasteiger partial charge in [0.05, 0.1) is 9.79 Å². The molecule has 5 aromatic rings. The number of nitrogens with two attached hydrogens (primary N) is 1. The smallest absolute Gasteiger partial charge is 0.456 e. The van der Waals surface area contributed by atoms with E-state index in [2.05, 4.69) is 9.46 Å². The second kappa shape index (κ2) is 12.5. The number of carbonyl (C=O) groups is 2. The highest BCUT2D eigenvalue weighted by molar-refractivity contribution is 7.95. The van der Waals surface area contributed by atoms with Crippen LogP contribution in [0.15, 0.2) is 110 Å². The molecule has 0 saturated heterocycles. The number of ether oxygens (including phenoxy) is 2. The standard InChI is InChI=1S/C30H20F3N3O8S3/c31-30(32,33)29(38)44-28(37)24-14-20(9-11-25(24)43-21-10-8-17-12-19(27(34)35)7-6-18(17)13-21)36-47(41,42)26-15-23(16-45-26)46(39,40)22-4-2-1-3-5-22/h1-16,36H,(H3,34,35). The summed E-state index contributed by atoms with van der Waals surface area (Å²) in [4.78, 5) is 23.8. The Bertz CT molecular complexity index is 2270. The molecule has 0 radical (unpaired) electrons. The number of halogens is 3. The molecule has 0 fully saturated rings. The van der Waals surface area contributed by atoms with E-state index < -0.39 is 47.7 Å². The molecule has 47 heavy (non-hydrogen) atoms. The summed E-state index contributed by atoms with van der Waals surface area (Å²) in [6, 6.07) is 20.6. The predicted molar refractivity (Wildman–Crippen MR) is 165 cm³/mol. The molecule has 17 heteroatoms. The third kappa shape index (κ3) is 7.26. The van der Waals surface area contributed by atoms with Gasteiger partial charge >= 0.3 is 18.1 Å². The lowest BCUT2D eigenvalue weighted by Crippen LogP contribution is -2.28. The predicted octanol–water partition coefficient (Wildman–Crippen LogP) is 5.86. The number of benzene rings is 4. The molecule has 0 aliphatic carbocycles. The van der Waals surface area contributed by atoms with Crippen LogP contribution in [0.4, 0.5) is 18.9 Å². The largest absolute Gasteiger partial charge is 0.491 e. The lowest BCUT2D eigenvalue weighted by molar-refractivity contribution is -0.193. The monoisotopic (exact) mass is 703 g/mol. The number of esters is 2. The number of thiophene rings is 1. The van der Waals surface area contributed by atoms with Crippen LogP contribution in [0, 0.1) is 5.41 Å². The van der Waals surface area contributed by atoms with Gasteiger partial charge in [-0.3, -0.25) is 10.1 Å². The molecule has 0 bridgehead atoms. The van der Waals surface area contributed by atoms with Crippen LogP contribution >= 0.6 is 11.3 Å². The van der Waals surface area contributed by atoms with Gasteiger partial charge < -0.3 is 15.2 Å². The van der Waals surface area contributed by atoms with Gasteiger partial charge in [0, 0.05) is 16.6 Å².